The third kappa shape index (κ3) is 3.75. The maximum absolute atomic E-state index is 3.52. The maximum atomic E-state index is 3.52. The van der Waals surface area contributed by atoms with Crippen LogP contribution in [-0.2, 0) is 0 Å². The van der Waals surface area contributed by atoms with E-state index in [4.69, 9.17) is 0 Å². The van der Waals surface area contributed by atoms with Gasteiger partial charge in [-0.05, 0) is 60.4 Å². The van der Waals surface area contributed by atoms with E-state index in [-0.39, 0.29) is 0 Å². The van der Waals surface area contributed by atoms with Gasteiger partial charge in [0.2, 0.25) is 0 Å². The molecule has 0 aromatic carbocycles. The van der Waals surface area contributed by atoms with Gasteiger partial charge in [-0.15, -0.1) is 0 Å². The number of nitrogens with one attached hydrogen (secondary N) is 1. The summed E-state index contributed by atoms with van der Waals surface area (Å²) in [7, 11) is 2.13. The fourth-order valence-corrected chi connectivity index (χ4v) is 4.42. The molecule has 0 aliphatic carbocycles. The first-order valence-corrected chi connectivity index (χ1v) is 8.71. The molecule has 2 aliphatic rings. The molecule has 2 unspecified atom stereocenters. The van der Waals surface area contributed by atoms with Gasteiger partial charge in [0, 0.05) is 43.3 Å². The van der Waals surface area contributed by atoms with E-state index in [2.05, 4.69) is 49.9 Å². The van der Waals surface area contributed by atoms with Crippen molar-refractivity contribution in [3.63, 3.8) is 0 Å². The first kappa shape index (κ1) is 16.3. The fraction of sp³-hybridized carbons (Fsp3) is 1.00. The second kappa shape index (κ2) is 7.24. The summed E-state index contributed by atoms with van der Waals surface area (Å²) >= 11 is 0. The minimum absolute atomic E-state index is 0.657. The molecule has 2 aliphatic heterocycles. The lowest BCUT2D eigenvalue weighted by atomic mass is 9.82. The van der Waals surface area contributed by atoms with E-state index in [1.807, 2.05) is 0 Å². The van der Waals surface area contributed by atoms with Crippen LogP contribution in [0.5, 0.6) is 0 Å². The van der Waals surface area contributed by atoms with Crippen LogP contribution in [0.2, 0.25) is 0 Å². The summed E-state index contributed by atoms with van der Waals surface area (Å²) in [5.41, 5.74) is 0. The Morgan fingerprint density at radius 1 is 1.05 bits per heavy atom. The Morgan fingerprint density at radius 3 is 2.05 bits per heavy atom. The molecule has 2 saturated heterocycles. The summed E-state index contributed by atoms with van der Waals surface area (Å²) < 4.78 is 0. The highest BCUT2D eigenvalue weighted by molar-refractivity contribution is 4.95. The van der Waals surface area contributed by atoms with Crippen molar-refractivity contribution in [2.45, 2.75) is 90.0 Å². The molecular formula is C17H35N3. The monoisotopic (exact) mass is 281 g/mol. The van der Waals surface area contributed by atoms with E-state index >= 15 is 0 Å². The van der Waals surface area contributed by atoms with Crippen molar-refractivity contribution in [3.8, 4) is 0 Å². The van der Waals surface area contributed by atoms with E-state index in [0.29, 0.717) is 12.1 Å². The first-order valence-electron chi connectivity index (χ1n) is 8.71. The summed E-state index contributed by atoms with van der Waals surface area (Å²) in [6, 6.07) is 3.74. The minimum Gasteiger partial charge on any atom is -0.317 e. The van der Waals surface area contributed by atoms with Crippen molar-refractivity contribution in [1.29, 1.82) is 0 Å². The Labute approximate surface area is 126 Å². The normalized spacial score (nSPS) is 31.5. The van der Waals surface area contributed by atoms with Crippen LogP contribution in [0, 0.1) is 0 Å². The number of piperidine rings is 2. The summed E-state index contributed by atoms with van der Waals surface area (Å²) in [5.74, 6) is 0. The third-order valence-electron chi connectivity index (χ3n) is 5.48. The Hall–Kier alpha value is -0.120. The standard InChI is InChI=1S/C17H35N3/c1-13(2)19(14(3)4)9-10-20-16-7-6-8-17(20)12-15(11-16)18-5/h13-18H,6-12H2,1-5H3. The Bertz CT molecular complexity index is 268. The van der Waals surface area contributed by atoms with Crippen molar-refractivity contribution >= 4 is 0 Å². The summed E-state index contributed by atoms with van der Waals surface area (Å²) in [6.45, 7) is 11.8. The Morgan fingerprint density at radius 2 is 1.60 bits per heavy atom. The molecule has 20 heavy (non-hydrogen) atoms. The van der Waals surface area contributed by atoms with Crippen LogP contribution in [0.1, 0.15) is 59.8 Å². The summed E-state index contributed by atoms with van der Waals surface area (Å²) in [4.78, 5) is 5.48. The molecule has 2 heterocycles. The minimum atomic E-state index is 0.657. The van der Waals surface area contributed by atoms with Crippen molar-refractivity contribution in [2.24, 2.45) is 0 Å². The quantitative estimate of drug-likeness (QED) is 0.807. The average molecular weight is 281 g/mol. The molecule has 2 rings (SSSR count). The highest BCUT2D eigenvalue weighted by atomic mass is 15.3. The lowest BCUT2D eigenvalue weighted by Crippen LogP contribution is -2.57. The van der Waals surface area contributed by atoms with Crippen LogP contribution in [0.25, 0.3) is 0 Å². The molecule has 3 heteroatoms. The van der Waals surface area contributed by atoms with Crippen molar-refractivity contribution < 1.29 is 0 Å². The molecule has 0 aromatic rings. The summed E-state index contributed by atoms with van der Waals surface area (Å²) in [6.07, 6.45) is 6.99. The summed E-state index contributed by atoms with van der Waals surface area (Å²) in [5, 5.41) is 3.52. The zero-order chi connectivity index (χ0) is 14.7. The molecule has 0 aromatic heterocycles. The van der Waals surface area contributed by atoms with Gasteiger partial charge in [0.1, 0.15) is 0 Å². The molecule has 2 bridgehead atoms. The zero-order valence-electron chi connectivity index (χ0n) is 14.2. The van der Waals surface area contributed by atoms with E-state index in [9.17, 15) is 0 Å². The number of rotatable bonds is 6. The number of hydrogen-bond acceptors (Lipinski definition) is 3. The van der Waals surface area contributed by atoms with Gasteiger partial charge in [0.25, 0.3) is 0 Å². The molecule has 0 radical (unpaired) electrons. The highest BCUT2D eigenvalue weighted by Gasteiger charge is 2.37. The number of nitrogens with zero attached hydrogens (tertiary/aromatic N) is 2. The highest BCUT2D eigenvalue weighted by Crippen LogP contribution is 2.33. The average Bonchev–Trinajstić information content (AvgIpc) is 2.37. The van der Waals surface area contributed by atoms with Crippen LogP contribution in [0.4, 0.5) is 0 Å². The predicted octanol–water partition coefficient (Wildman–Crippen LogP) is 2.71. The Kier molecular flexibility index (Phi) is 5.88. The van der Waals surface area contributed by atoms with Gasteiger partial charge in [0.05, 0.1) is 0 Å². The van der Waals surface area contributed by atoms with Gasteiger partial charge in [-0.1, -0.05) is 6.42 Å². The van der Waals surface area contributed by atoms with Crippen molar-refractivity contribution in [2.75, 3.05) is 20.1 Å². The van der Waals surface area contributed by atoms with Crippen molar-refractivity contribution in [1.82, 2.24) is 15.1 Å². The lowest BCUT2D eigenvalue weighted by Gasteiger charge is -2.49. The molecule has 118 valence electrons. The smallest absolute Gasteiger partial charge is 0.0115 e. The second-order valence-corrected chi connectivity index (χ2v) is 7.36. The predicted molar refractivity (Wildman–Crippen MR) is 87.2 cm³/mol. The van der Waals surface area contributed by atoms with Gasteiger partial charge in [-0.2, -0.15) is 0 Å². The van der Waals surface area contributed by atoms with Crippen LogP contribution in [0.3, 0.4) is 0 Å². The fourth-order valence-electron chi connectivity index (χ4n) is 4.42. The second-order valence-electron chi connectivity index (χ2n) is 7.36. The third-order valence-corrected chi connectivity index (χ3v) is 5.48. The molecule has 2 fully saturated rings. The van der Waals surface area contributed by atoms with Gasteiger partial charge >= 0.3 is 0 Å². The molecular weight excluding hydrogens is 246 g/mol. The molecule has 1 N–H and O–H groups in total. The van der Waals surface area contributed by atoms with E-state index in [1.54, 1.807) is 0 Å². The van der Waals surface area contributed by atoms with Crippen LogP contribution >= 0.6 is 0 Å². The molecule has 2 atom stereocenters. The lowest BCUT2D eigenvalue weighted by molar-refractivity contribution is 0.0126. The van der Waals surface area contributed by atoms with Gasteiger partial charge in [-0.25, -0.2) is 0 Å². The first-order chi connectivity index (χ1) is 9.52. The zero-order valence-corrected chi connectivity index (χ0v) is 14.2. The van der Waals surface area contributed by atoms with Crippen LogP contribution in [-0.4, -0.2) is 60.1 Å². The molecule has 0 amide bonds. The SMILES string of the molecule is CNC1CC2CCCC(C1)N2CCN(C(C)C)C(C)C. The van der Waals surface area contributed by atoms with Gasteiger partial charge in [-0.3, -0.25) is 9.80 Å². The molecule has 0 spiro atoms. The van der Waals surface area contributed by atoms with Gasteiger partial charge in [0.15, 0.2) is 0 Å². The number of fused-ring (bicyclic) bond motifs is 2. The van der Waals surface area contributed by atoms with Gasteiger partial charge < -0.3 is 5.32 Å². The molecule has 3 nitrogen and oxygen atoms in total. The van der Waals surface area contributed by atoms with Crippen molar-refractivity contribution in [3.05, 3.63) is 0 Å². The maximum Gasteiger partial charge on any atom is 0.0115 e. The van der Waals surface area contributed by atoms with E-state index in [0.717, 1.165) is 18.1 Å². The Balaban J connectivity index is 1.92. The largest absolute Gasteiger partial charge is 0.317 e. The molecule has 0 saturated carbocycles. The van der Waals surface area contributed by atoms with Crippen LogP contribution in [0.15, 0.2) is 0 Å². The number of hydrogen-bond donors (Lipinski definition) is 1. The van der Waals surface area contributed by atoms with E-state index in [1.165, 1.54) is 45.2 Å². The topological polar surface area (TPSA) is 18.5 Å². The van der Waals surface area contributed by atoms with Crippen LogP contribution < -0.4 is 5.32 Å². The van der Waals surface area contributed by atoms with E-state index < -0.39 is 0 Å².